The number of ether oxygens (including phenoxy) is 2. The van der Waals surface area contributed by atoms with Crippen LogP contribution in [0.2, 0.25) is 0 Å². The van der Waals surface area contributed by atoms with Gasteiger partial charge in [0.25, 0.3) is 0 Å². The molecule has 2 fully saturated rings. The van der Waals surface area contributed by atoms with Gasteiger partial charge in [-0.3, -0.25) is 0 Å². The van der Waals surface area contributed by atoms with Crippen molar-refractivity contribution >= 4 is 0 Å². The molecule has 2 aliphatic carbocycles. The number of nitrogens with one attached hydrogen (secondary N) is 1. The van der Waals surface area contributed by atoms with Crippen LogP contribution in [0, 0.1) is 17.8 Å². The first-order chi connectivity index (χ1) is 9.81. The molecule has 1 aromatic rings. The average molecular weight is 275 g/mol. The molecule has 0 aromatic heterocycles. The average Bonchev–Trinajstić information content (AvgIpc) is 3.08. The second kappa shape index (κ2) is 6.04. The molecule has 0 heterocycles. The van der Waals surface area contributed by atoms with Crippen LogP contribution < -0.4 is 14.8 Å². The molecule has 3 heteroatoms. The molecule has 110 valence electrons. The van der Waals surface area contributed by atoms with Gasteiger partial charge in [-0.15, -0.1) is 0 Å². The van der Waals surface area contributed by atoms with E-state index in [9.17, 15) is 0 Å². The zero-order chi connectivity index (χ0) is 13.9. The lowest BCUT2D eigenvalue weighted by Crippen LogP contribution is -2.19. The predicted molar refractivity (Wildman–Crippen MR) is 80.2 cm³/mol. The minimum atomic E-state index is 0.751. The van der Waals surface area contributed by atoms with Crippen LogP contribution in [0.25, 0.3) is 0 Å². The topological polar surface area (TPSA) is 30.5 Å². The van der Waals surface area contributed by atoms with Crippen molar-refractivity contribution in [3.05, 3.63) is 23.8 Å². The van der Waals surface area contributed by atoms with Gasteiger partial charge in [0.1, 0.15) is 0 Å². The largest absolute Gasteiger partial charge is 0.493 e. The molecular formula is C17H25NO2. The first-order valence-electron chi connectivity index (χ1n) is 7.75. The van der Waals surface area contributed by atoms with Crippen molar-refractivity contribution in [3.8, 4) is 11.5 Å². The molecule has 3 rings (SSSR count). The summed E-state index contributed by atoms with van der Waals surface area (Å²) in [5.74, 6) is 4.40. The zero-order valence-electron chi connectivity index (χ0n) is 12.5. The van der Waals surface area contributed by atoms with Crippen molar-refractivity contribution in [2.24, 2.45) is 17.8 Å². The predicted octanol–water partition coefficient (Wildman–Crippen LogP) is 3.23. The first-order valence-corrected chi connectivity index (χ1v) is 7.75. The van der Waals surface area contributed by atoms with E-state index in [4.69, 9.17) is 9.47 Å². The van der Waals surface area contributed by atoms with E-state index in [1.54, 1.807) is 7.11 Å². The molecule has 1 N–H and O–H groups in total. The number of hydrogen-bond donors (Lipinski definition) is 1. The highest BCUT2D eigenvalue weighted by atomic mass is 16.5. The maximum Gasteiger partial charge on any atom is 0.165 e. The molecule has 0 aliphatic heterocycles. The van der Waals surface area contributed by atoms with Crippen LogP contribution in [-0.2, 0) is 6.54 Å². The summed E-state index contributed by atoms with van der Waals surface area (Å²) in [6, 6.07) is 6.11. The highest BCUT2D eigenvalue weighted by Gasteiger charge is 2.39. The van der Waals surface area contributed by atoms with Crippen molar-refractivity contribution in [2.75, 3.05) is 20.8 Å². The Morgan fingerprint density at radius 1 is 1.25 bits per heavy atom. The Morgan fingerprint density at radius 3 is 2.80 bits per heavy atom. The second-order valence-electron chi connectivity index (χ2n) is 6.22. The number of fused-ring (bicyclic) bond motifs is 2. The molecule has 0 spiro atoms. The summed E-state index contributed by atoms with van der Waals surface area (Å²) in [5, 5.41) is 3.20. The number of para-hydroxylation sites is 1. The molecule has 0 amide bonds. The van der Waals surface area contributed by atoms with Crippen molar-refractivity contribution < 1.29 is 9.47 Å². The number of rotatable bonds is 6. The summed E-state index contributed by atoms with van der Waals surface area (Å²) >= 11 is 0. The Kier molecular flexibility index (Phi) is 4.16. The van der Waals surface area contributed by atoms with E-state index in [1.165, 1.54) is 31.2 Å². The number of benzene rings is 1. The van der Waals surface area contributed by atoms with Gasteiger partial charge in [0, 0.05) is 12.1 Å². The van der Waals surface area contributed by atoms with Crippen LogP contribution >= 0.6 is 0 Å². The molecule has 2 aliphatic rings. The van der Waals surface area contributed by atoms with Gasteiger partial charge in [0.2, 0.25) is 0 Å². The van der Waals surface area contributed by atoms with Crippen LogP contribution in [0.4, 0.5) is 0 Å². The Morgan fingerprint density at radius 2 is 2.15 bits per heavy atom. The van der Waals surface area contributed by atoms with E-state index in [0.29, 0.717) is 0 Å². The lowest BCUT2D eigenvalue weighted by atomic mass is 9.89. The molecular weight excluding hydrogens is 250 g/mol. The Balaban J connectivity index is 1.69. The summed E-state index contributed by atoms with van der Waals surface area (Å²) < 4.78 is 11.6. The van der Waals surface area contributed by atoms with E-state index in [0.717, 1.165) is 42.4 Å². The summed E-state index contributed by atoms with van der Waals surface area (Å²) in [4.78, 5) is 0. The summed E-state index contributed by atoms with van der Waals surface area (Å²) in [6.07, 6.45) is 5.65. The van der Waals surface area contributed by atoms with Crippen molar-refractivity contribution in [3.63, 3.8) is 0 Å². The molecule has 0 saturated heterocycles. The van der Waals surface area contributed by atoms with Gasteiger partial charge in [-0.25, -0.2) is 0 Å². The lowest BCUT2D eigenvalue weighted by Gasteiger charge is -2.23. The van der Waals surface area contributed by atoms with Gasteiger partial charge in [0.15, 0.2) is 11.5 Å². The van der Waals surface area contributed by atoms with Crippen LogP contribution in [0.15, 0.2) is 18.2 Å². The molecule has 2 saturated carbocycles. The van der Waals surface area contributed by atoms with Crippen molar-refractivity contribution in [2.45, 2.75) is 32.2 Å². The Bertz CT molecular complexity index is 460. The first kappa shape index (κ1) is 13.7. The smallest absolute Gasteiger partial charge is 0.165 e. The molecule has 0 radical (unpaired) electrons. The Hall–Kier alpha value is -1.22. The third-order valence-corrected chi connectivity index (χ3v) is 4.97. The standard InChI is InChI=1S/C17H25NO2/c1-18-10-14-4-3-5-16(19-2)17(14)20-11-15-9-12-6-7-13(15)8-12/h3-5,12-13,15,18H,6-11H2,1-2H3. The summed E-state index contributed by atoms with van der Waals surface area (Å²) in [7, 11) is 3.67. The van der Waals surface area contributed by atoms with Gasteiger partial charge in [-0.1, -0.05) is 18.6 Å². The summed E-state index contributed by atoms with van der Waals surface area (Å²) in [6.45, 7) is 1.65. The molecule has 3 unspecified atom stereocenters. The van der Waals surface area contributed by atoms with E-state index in [1.807, 2.05) is 19.2 Å². The maximum absolute atomic E-state index is 6.18. The van der Waals surface area contributed by atoms with E-state index in [-0.39, 0.29) is 0 Å². The Labute approximate surface area is 121 Å². The SMILES string of the molecule is CNCc1cccc(OC)c1OCC1CC2CCC1C2. The molecule has 1 aromatic carbocycles. The third-order valence-electron chi connectivity index (χ3n) is 4.97. The highest BCUT2D eigenvalue weighted by molar-refractivity contribution is 5.46. The fourth-order valence-corrected chi connectivity index (χ4v) is 3.99. The monoisotopic (exact) mass is 275 g/mol. The fourth-order valence-electron chi connectivity index (χ4n) is 3.99. The van der Waals surface area contributed by atoms with E-state index >= 15 is 0 Å². The van der Waals surface area contributed by atoms with Crippen LogP contribution in [-0.4, -0.2) is 20.8 Å². The van der Waals surface area contributed by atoms with E-state index in [2.05, 4.69) is 11.4 Å². The van der Waals surface area contributed by atoms with Gasteiger partial charge in [0.05, 0.1) is 13.7 Å². The normalized spacial score (nSPS) is 27.8. The third kappa shape index (κ3) is 2.64. The second-order valence-corrected chi connectivity index (χ2v) is 6.22. The molecule has 2 bridgehead atoms. The van der Waals surface area contributed by atoms with Gasteiger partial charge < -0.3 is 14.8 Å². The maximum atomic E-state index is 6.18. The van der Waals surface area contributed by atoms with Crippen LogP contribution in [0.5, 0.6) is 11.5 Å². The van der Waals surface area contributed by atoms with Crippen molar-refractivity contribution in [1.29, 1.82) is 0 Å². The number of hydrogen-bond acceptors (Lipinski definition) is 3. The number of methoxy groups -OCH3 is 1. The van der Waals surface area contributed by atoms with Crippen LogP contribution in [0.3, 0.4) is 0 Å². The lowest BCUT2D eigenvalue weighted by molar-refractivity contribution is 0.188. The van der Waals surface area contributed by atoms with Gasteiger partial charge >= 0.3 is 0 Å². The highest BCUT2D eigenvalue weighted by Crippen LogP contribution is 2.48. The van der Waals surface area contributed by atoms with E-state index < -0.39 is 0 Å². The molecule has 20 heavy (non-hydrogen) atoms. The summed E-state index contributed by atoms with van der Waals surface area (Å²) in [5.41, 5.74) is 1.18. The molecule has 3 nitrogen and oxygen atoms in total. The quantitative estimate of drug-likeness (QED) is 0.864. The van der Waals surface area contributed by atoms with Crippen LogP contribution in [0.1, 0.15) is 31.2 Å². The minimum absolute atomic E-state index is 0.751. The molecule has 3 atom stereocenters. The van der Waals surface area contributed by atoms with Crippen molar-refractivity contribution in [1.82, 2.24) is 5.32 Å². The fraction of sp³-hybridized carbons (Fsp3) is 0.647. The minimum Gasteiger partial charge on any atom is -0.493 e. The van der Waals surface area contributed by atoms with Gasteiger partial charge in [-0.05, 0) is 50.1 Å². The zero-order valence-corrected chi connectivity index (χ0v) is 12.5. The van der Waals surface area contributed by atoms with Gasteiger partial charge in [-0.2, -0.15) is 0 Å².